The third-order valence-electron chi connectivity index (χ3n) is 4.27. The Hall–Kier alpha value is -1.76. The number of amides is 1. The number of β-amino-alcohol motifs (C(OH)–C–C–N with tert-alkyl or cyclic N) is 1. The van der Waals surface area contributed by atoms with Gasteiger partial charge >= 0.3 is 0 Å². The van der Waals surface area contributed by atoms with Crippen LogP contribution in [-0.4, -0.2) is 65.1 Å². The molecule has 0 aliphatic carbocycles. The Morgan fingerprint density at radius 1 is 1.17 bits per heavy atom. The lowest BCUT2D eigenvalue weighted by atomic mass is 10.2. The topological polar surface area (TPSA) is 56.7 Å². The predicted molar refractivity (Wildman–Crippen MR) is 95.2 cm³/mol. The maximum absolute atomic E-state index is 12.4. The molecule has 0 spiro atoms. The number of hydrogen-bond acceptors (Lipinski definition) is 5. The summed E-state index contributed by atoms with van der Waals surface area (Å²) in [5.41, 5.74) is 2.11. The molecule has 2 aromatic rings. The van der Waals surface area contributed by atoms with Crippen LogP contribution in [0.2, 0.25) is 0 Å². The SMILES string of the molecule is O=C(Cc1csc(Cc2ccccc2)n1)N1CCN(CCO)CC1. The van der Waals surface area contributed by atoms with E-state index in [-0.39, 0.29) is 12.5 Å². The van der Waals surface area contributed by atoms with Crippen LogP contribution in [-0.2, 0) is 17.6 Å². The molecule has 1 saturated heterocycles. The molecule has 6 heteroatoms. The molecule has 24 heavy (non-hydrogen) atoms. The highest BCUT2D eigenvalue weighted by molar-refractivity contribution is 7.09. The van der Waals surface area contributed by atoms with E-state index in [1.54, 1.807) is 11.3 Å². The number of aromatic nitrogens is 1. The molecule has 0 atom stereocenters. The summed E-state index contributed by atoms with van der Waals surface area (Å²) >= 11 is 1.62. The highest BCUT2D eigenvalue weighted by Gasteiger charge is 2.21. The van der Waals surface area contributed by atoms with Gasteiger partial charge in [-0.3, -0.25) is 9.69 Å². The Bertz CT molecular complexity index is 651. The molecular formula is C18H23N3O2S. The zero-order valence-corrected chi connectivity index (χ0v) is 14.5. The van der Waals surface area contributed by atoms with Gasteiger partial charge in [0, 0.05) is 44.5 Å². The molecule has 1 amide bonds. The quantitative estimate of drug-likeness (QED) is 0.860. The van der Waals surface area contributed by atoms with E-state index in [1.807, 2.05) is 28.5 Å². The van der Waals surface area contributed by atoms with E-state index in [0.717, 1.165) is 43.3 Å². The second-order valence-electron chi connectivity index (χ2n) is 6.02. The number of benzene rings is 1. The molecule has 5 nitrogen and oxygen atoms in total. The number of hydrogen-bond donors (Lipinski definition) is 1. The third-order valence-corrected chi connectivity index (χ3v) is 5.17. The highest BCUT2D eigenvalue weighted by Crippen LogP contribution is 2.16. The number of thiazole rings is 1. The molecule has 1 fully saturated rings. The average Bonchev–Trinajstić information content (AvgIpc) is 3.03. The van der Waals surface area contributed by atoms with Crippen LogP contribution < -0.4 is 0 Å². The Balaban J connectivity index is 1.50. The first-order valence-corrected chi connectivity index (χ1v) is 9.21. The fraction of sp³-hybridized carbons (Fsp3) is 0.444. The third kappa shape index (κ3) is 4.63. The number of rotatable bonds is 6. The summed E-state index contributed by atoms with van der Waals surface area (Å²) in [7, 11) is 0. The van der Waals surface area contributed by atoms with Crippen molar-refractivity contribution in [3.05, 3.63) is 52.0 Å². The lowest BCUT2D eigenvalue weighted by Gasteiger charge is -2.34. The van der Waals surface area contributed by atoms with Crippen LogP contribution >= 0.6 is 11.3 Å². The monoisotopic (exact) mass is 345 g/mol. The molecule has 1 N–H and O–H groups in total. The lowest BCUT2D eigenvalue weighted by Crippen LogP contribution is -2.49. The Morgan fingerprint density at radius 2 is 1.92 bits per heavy atom. The van der Waals surface area contributed by atoms with E-state index < -0.39 is 0 Å². The summed E-state index contributed by atoms with van der Waals surface area (Å²) in [4.78, 5) is 21.1. The van der Waals surface area contributed by atoms with Crippen LogP contribution in [0, 0.1) is 0 Å². The fourth-order valence-electron chi connectivity index (χ4n) is 2.91. The van der Waals surface area contributed by atoms with Crippen LogP contribution in [0.3, 0.4) is 0 Å². The molecular weight excluding hydrogens is 322 g/mol. The average molecular weight is 345 g/mol. The zero-order chi connectivity index (χ0) is 16.8. The van der Waals surface area contributed by atoms with E-state index >= 15 is 0 Å². The van der Waals surface area contributed by atoms with Crippen molar-refractivity contribution in [2.45, 2.75) is 12.8 Å². The van der Waals surface area contributed by atoms with Crippen LogP contribution in [0.15, 0.2) is 35.7 Å². The van der Waals surface area contributed by atoms with Gasteiger partial charge in [-0.25, -0.2) is 4.98 Å². The Morgan fingerprint density at radius 3 is 2.62 bits per heavy atom. The number of piperazine rings is 1. The molecule has 1 aliphatic rings. The number of aliphatic hydroxyl groups is 1. The molecule has 1 aromatic carbocycles. The Labute approximate surface area is 146 Å². The lowest BCUT2D eigenvalue weighted by molar-refractivity contribution is -0.132. The molecule has 0 radical (unpaired) electrons. The van der Waals surface area contributed by atoms with Crippen molar-refractivity contribution in [3.63, 3.8) is 0 Å². The van der Waals surface area contributed by atoms with E-state index in [4.69, 9.17) is 5.11 Å². The maximum Gasteiger partial charge on any atom is 0.228 e. The normalized spacial score (nSPS) is 15.6. The van der Waals surface area contributed by atoms with Gasteiger partial charge < -0.3 is 10.0 Å². The summed E-state index contributed by atoms with van der Waals surface area (Å²) in [6, 6.07) is 10.3. The second kappa shape index (κ2) is 8.37. The first-order valence-electron chi connectivity index (χ1n) is 8.33. The molecule has 3 rings (SSSR count). The number of nitrogens with zero attached hydrogens (tertiary/aromatic N) is 3. The van der Waals surface area contributed by atoms with Crippen LogP contribution in [0.5, 0.6) is 0 Å². The van der Waals surface area contributed by atoms with Crippen molar-refractivity contribution in [1.29, 1.82) is 0 Å². The number of carbonyl (C=O) groups excluding carboxylic acids is 1. The van der Waals surface area contributed by atoms with E-state index in [9.17, 15) is 4.79 Å². The molecule has 2 heterocycles. The van der Waals surface area contributed by atoms with Crippen LogP contribution in [0.1, 0.15) is 16.3 Å². The smallest absolute Gasteiger partial charge is 0.228 e. The van der Waals surface area contributed by atoms with Crippen LogP contribution in [0.4, 0.5) is 0 Å². The second-order valence-corrected chi connectivity index (χ2v) is 6.96. The predicted octanol–water partition coefficient (Wildman–Crippen LogP) is 1.41. The van der Waals surface area contributed by atoms with Gasteiger partial charge in [0.1, 0.15) is 0 Å². The van der Waals surface area contributed by atoms with Crippen molar-refractivity contribution in [2.75, 3.05) is 39.3 Å². The minimum absolute atomic E-state index is 0.148. The van der Waals surface area contributed by atoms with E-state index in [1.165, 1.54) is 5.56 Å². The molecule has 0 bridgehead atoms. The molecule has 128 valence electrons. The van der Waals surface area contributed by atoms with Gasteiger partial charge in [-0.15, -0.1) is 11.3 Å². The van der Waals surface area contributed by atoms with Crippen LogP contribution in [0.25, 0.3) is 0 Å². The van der Waals surface area contributed by atoms with Gasteiger partial charge in [-0.2, -0.15) is 0 Å². The summed E-state index contributed by atoms with van der Waals surface area (Å²) in [5, 5.41) is 12.0. The number of carbonyl (C=O) groups is 1. The summed E-state index contributed by atoms with van der Waals surface area (Å²) in [6.07, 6.45) is 1.20. The fourth-order valence-corrected chi connectivity index (χ4v) is 3.74. The first-order chi connectivity index (χ1) is 11.7. The minimum Gasteiger partial charge on any atom is -0.395 e. The van der Waals surface area contributed by atoms with Crippen molar-refractivity contribution < 1.29 is 9.90 Å². The van der Waals surface area contributed by atoms with Gasteiger partial charge in [0.15, 0.2) is 0 Å². The van der Waals surface area contributed by atoms with Gasteiger partial charge in [0.05, 0.1) is 23.7 Å². The van der Waals surface area contributed by atoms with Gasteiger partial charge in [0.2, 0.25) is 5.91 Å². The van der Waals surface area contributed by atoms with Crippen molar-refractivity contribution in [2.24, 2.45) is 0 Å². The Kier molecular flexibility index (Phi) is 5.96. The van der Waals surface area contributed by atoms with Crippen molar-refractivity contribution in [1.82, 2.24) is 14.8 Å². The molecule has 0 saturated carbocycles. The highest BCUT2D eigenvalue weighted by atomic mass is 32.1. The first kappa shape index (κ1) is 17.1. The van der Waals surface area contributed by atoms with E-state index in [2.05, 4.69) is 22.0 Å². The van der Waals surface area contributed by atoms with Gasteiger partial charge in [0.25, 0.3) is 0 Å². The minimum atomic E-state index is 0.148. The summed E-state index contributed by atoms with van der Waals surface area (Å²) in [6.45, 7) is 4.01. The summed E-state index contributed by atoms with van der Waals surface area (Å²) < 4.78 is 0. The standard InChI is InChI=1S/C18H23N3O2S/c22-11-10-20-6-8-21(9-7-20)18(23)13-16-14-24-17(19-16)12-15-4-2-1-3-5-15/h1-5,14,22H,6-13H2. The van der Waals surface area contributed by atoms with Crippen molar-refractivity contribution >= 4 is 17.2 Å². The van der Waals surface area contributed by atoms with Crippen molar-refractivity contribution in [3.8, 4) is 0 Å². The molecule has 0 unspecified atom stereocenters. The maximum atomic E-state index is 12.4. The number of aliphatic hydroxyl groups excluding tert-OH is 1. The largest absolute Gasteiger partial charge is 0.395 e. The van der Waals surface area contributed by atoms with Gasteiger partial charge in [-0.05, 0) is 5.56 Å². The van der Waals surface area contributed by atoms with Gasteiger partial charge in [-0.1, -0.05) is 30.3 Å². The van der Waals surface area contributed by atoms with E-state index in [0.29, 0.717) is 13.0 Å². The summed E-state index contributed by atoms with van der Waals surface area (Å²) in [5.74, 6) is 0.148. The molecule has 1 aliphatic heterocycles. The zero-order valence-electron chi connectivity index (χ0n) is 13.7. The molecule has 1 aromatic heterocycles.